The lowest BCUT2D eigenvalue weighted by atomic mass is 9.56. The number of aliphatic hydroxyl groups is 2. The molecule has 5 atom stereocenters. The van der Waals surface area contributed by atoms with E-state index in [1.54, 1.807) is 13.8 Å². The van der Waals surface area contributed by atoms with Crippen LogP contribution >= 0.6 is 0 Å². The molecule has 1 aliphatic rings. The number of aliphatic hydroxyl groups excluding tert-OH is 2. The molecule has 0 bridgehead atoms. The van der Waals surface area contributed by atoms with E-state index in [-0.39, 0.29) is 22.9 Å². The van der Waals surface area contributed by atoms with Gasteiger partial charge in [-0.05, 0) is 50.5 Å². The molecule has 0 amide bonds. The Kier molecular flexibility index (Phi) is 7.50. The second-order valence-electron chi connectivity index (χ2n) is 10.3. The van der Waals surface area contributed by atoms with Crippen LogP contribution in [-0.4, -0.2) is 41.0 Å². The first kappa shape index (κ1) is 23.6. The summed E-state index contributed by atoms with van der Waals surface area (Å²) < 4.78 is 0. The summed E-state index contributed by atoms with van der Waals surface area (Å²) in [7, 11) is 0. The summed E-state index contributed by atoms with van der Waals surface area (Å²) in [4.78, 5) is 0. The van der Waals surface area contributed by atoms with Gasteiger partial charge in [-0.2, -0.15) is 0 Å². The molecule has 0 spiro atoms. The van der Waals surface area contributed by atoms with Gasteiger partial charge in [0.1, 0.15) is 0 Å². The average Bonchev–Trinajstić information content (AvgIpc) is 2.42. The Morgan fingerprint density at radius 1 is 1.19 bits per heavy atom. The third-order valence-corrected chi connectivity index (χ3v) is 6.24. The molecule has 1 rings (SSSR count). The lowest BCUT2D eigenvalue weighted by Gasteiger charge is -2.51. The van der Waals surface area contributed by atoms with Gasteiger partial charge >= 0.3 is 0 Å². The monoisotopic (exact) mass is 369 g/mol. The molecule has 154 valence electrons. The number of hydrogen-bond donors (Lipinski definition) is 5. The smallest absolute Gasteiger partial charge is 0.0549 e. The van der Waals surface area contributed by atoms with E-state index in [9.17, 15) is 10.2 Å². The molecule has 1 aliphatic carbocycles. The molecule has 0 saturated heterocycles. The maximum atomic E-state index is 10.2. The summed E-state index contributed by atoms with van der Waals surface area (Å²) in [5.74, 6) is 0. The lowest BCUT2D eigenvalue weighted by Crippen LogP contribution is -2.51. The normalized spacial score (nSPS) is 32.1. The highest BCUT2D eigenvalue weighted by atomic mass is 16.3. The molecule has 0 aliphatic heterocycles. The third kappa shape index (κ3) is 5.29. The highest BCUT2D eigenvalue weighted by Crippen LogP contribution is 2.52. The highest BCUT2D eigenvalue weighted by molar-refractivity contribution is 5.35. The number of hydrogen-bond acceptors (Lipinski definition) is 5. The summed E-state index contributed by atoms with van der Waals surface area (Å²) in [5.41, 5.74) is 21.3. The van der Waals surface area contributed by atoms with Crippen LogP contribution in [0.15, 0.2) is 11.1 Å². The zero-order chi connectivity index (χ0) is 20.5. The van der Waals surface area contributed by atoms with E-state index in [0.717, 1.165) is 18.4 Å². The largest absolute Gasteiger partial charge is 0.393 e. The van der Waals surface area contributed by atoms with Gasteiger partial charge in [0.05, 0.1) is 12.2 Å². The Hall–Kier alpha value is -0.460. The Morgan fingerprint density at radius 2 is 1.73 bits per heavy atom. The molecule has 5 heteroatoms. The minimum Gasteiger partial charge on any atom is -0.393 e. The average molecular weight is 370 g/mol. The van der Waals surface area contributed by atoms with Crippen LogP contribution in [0.2, 0.25) is 0 Å². The number of nitrogens with two attached hydrogens (primary N) is 3. The molecule has 0 aromatic heterocycles. The topological polar surface area (TPSA) is 119 Å². The molecule has 8 N–H and O–H groups in total. The molecule has 1 fully saturated rings. The van der Waals surface area contributed by atoms with Crippen LogP contribution in [-0.2, 0) is 0 Å². The van der Waals surface area contributed by atoms with Crippen molar-refractivity contribution in [3.05, 3.63) is 11.1 Å². The summed E-state index contributed by atoms with van der Waals surface area (Å²) >= 11 is 0. The fourth-order valence-electron chi connectivity index (χ4n) is 5.04. The summed E-state index contributed by atoms with van der Waals surface area (Å²) in [6, 6.07) is -0.327. The van der Waals surface area contributed by atoms with Gasteiger partial charge in [-0.1, -0.05) is 40.2 Å². The third-order valence-electron chi connectivity index (χ3n) is 6.24. The van der Waals surface area contributed by atoms with Crippen LogP contribution in [0.25, 0.3) is 0 Å². The molecule has 0 aromatic rings. The Morgan fingerprint density at radius 3 is 2.15 bits per heavy atom. The predicted octanol–water partition coefficient (Wildman–Crippen LogP) is 2.29. The van der Waals surface area contributed by atoms with Crippen molar-refractivity contribution in [2.24, 2.45) is 33.4 Å². The van der Waals surface area contributed by atoms with Gasteiger partial charge < -0.3 is 27.4 Å². The molecule has 0 heterocycles. The number of rotatable bonds is 7. The summed E-state index contributed by atoms with van der Waals surface area (Å²) in [6.45, 7) is 15.0. The summed E-state index contributed by atoms with van der Waals surface area (Å²) in [5, 5.41) is 20.1. The van der Waals surface area contributed by atoms with E-state index < -0.39 is 17.6 Å². The van der Waals surface area contributed by atoms with Crippen molar-refractivity contribution in [3.8, 4) is 0 Å². The molecule has 5 nitrogen and oxygen atoms in total. The first-order valence-electron chi connectivity index (χ1n) is 9.97. The maximum absolute atomic E-state index is 10.2. The fourth-order valence-corrected chi connectivity index (χ4v) is 5.04. The zero-order valence-corrected chi connectivity index (χ0v) is 18.0. The van der Waals surface area contributed by atoms with Gasteiger partial charge in [-0.25, -0.2) is 0 Å². The van der Waals surface area contributed by atoms with E-state index in [4.69, 9.17) is 17.2 Å². The molecule has 1 saturated carbocycles. The van der Waals surface area contributed by atoms with Gasteiger partial charge in [0.2, 0.25) is 0 Å². The second-order valence-corrected chi connectivity index (χ2v) is 10.3. The van der Waals surface area contributed by atoms with Crippen LogP contribution in [0, 0.1) is 16.2 Å². The van der Waals surface area contributed by atoms with Crippen molar-refractivity contribution in [1.82, 2.24) is 0 Å². The minimum atomic E-state index is -0.486. The van der Waals surface area contributed by atoms with Crippen molar-refractivity contribution in [2.75, 3.05) is 6.54 Å². The van der Waals surface area contributed by atoms with Crippen molar-refractivity contribution in [2.45, 2.75) is 98.4 Å². The quantitative estimate of drug-likeness (QED) is 0.441. The van der Waals surface area contributed by atoms with Crippen LogP contribution in [0.4, 0.5) is 0 Å². The van der Waals surface area contributed by atoms with Crippen molar-refractivity contribution < 1.29 is 10.2 Å². The predicted molar refractivity (Wildman–Crippen MR) is 110 cm³/mol. The first-order chi connectivity index (χ1) is 11.7. The van der Waals surface area contributed by atoms with Crippen molar-refractivity contribution in [3.63, 3.8) is 0 Å². The van der Waals surface area contributed by atoms with Crippen LogP contribution in [0.3, 0.4) is 0 Å². The van der Waals surface area contributed by atoms with Crippen LogP contribution in [0.5, 0.6) is 0 Å². The standard InChI is InChI=1S/C21H43N3O2/c1-13(25)8-15(20(5,6)17(24)9-14(2)26)18-16(23)10-19(3,4)11-21(18,7)12-22/h13-14,16-17,25-26H,8-12,22-24H2,1-7H3. The minimum absolute atomic E-state index is 0.0981. The van der Waals surface area contributed by atoms with Crippen molar-refractivity contribution >= 4 is 0 Å². The van der Waals surface area contributed by atoms with E-state index in [1.165, 1.54) is 5.57 Å². The zero-order valence-electron chi connectivity index (χ0n) is 18.0. The SMILES string of the molecule is CC(O)CC(=C1C(N)CC(C)(C)CC1(C)CN)C(C)(C)C(N)CC(C)O. The van der Waals surface area contributed by atoms with E-state index >= 15 is 0 Å². The van der Waals surface area contributed by atoms with Gasteiger partial charge in [0.25, 0.3) is 0 Å². The molecule has 26 heavy (non-hydrogen) atoms. The van der Waals surface area contributed by atoms with E-state index in [0.29, 0.717) is 19.4 Å². The molecule has 5 unspecified atom stereocenters. The Bertz CT molecular complexity index is 511. The van der Waals surface area contributed by atoms with Crippen LogP contribution < -0.4 is 17.2 Å². The maximum Gasteiger partial charge on any atom is 0.0549 e. The Labute approximate surface area is 160 Å². The van der Waals surface area contributed by atoms with Gasteiger partial charge in [0.15, 0.2) is 0 Å². The fraction of sp³-hybridized carbons (Fsp3) is 0.905. The molecule has 0 aromatic carbocycles. The molecular weight excluding hydrogens is 326 g/mol. The van der Waals surface area contributed by atoms with Crippen molar-refractivity contribution in [1.29, 1.82) is 0 Å². The van der Waals surface area contributed by atoms with Gasteiger partial charge in [-0.15, -0.1) is 0 Å². The van der Waals surface area contributed by atoms with E-state index in [2.05, 4.69) is 34.6 Å². The second kappa shape index (κ2) is 8.27. The molecule has 0 radical (unpaired) electrons. The van der Waals surface area contributed by atoms with Gasteiger partial charge in [0, 0.05) is 29.5 Å². The Balaban J connectivity index is 3.56. The highest BCUT2D eigenvalue weighted by Gasteiger charge is 2.47. The summed E-state index contributed by atoms with van der Waals surface area (Å²) in [6.07, 6.45) is 1.93. The van der Waals surface area contributed by atoms with Crippen LogP contribution in [0.1, 0.15) is 74.1 Å². The lowest BCUT2D eigenvalue weighted by molar-refractivity contribution is 0.125. The molecular formula is C21H43N3O2. The van der Waals surface area contributed by atoms with E-state index in [1.807, 2.05) is 0 Å². The first-order valence-corrected chi connectivity index (χ1v) is 9.97. The van der Waals surface area contributed by atoms with Gasteiger partial charge in [-0.3, -0.25) is 0 Å².